The van der Waals surface area contributed by atoms with Crippen LogP contribution < -0.4 is 10.6 Å². The zero-order valence-corrected chi connectivity index (χ0v) is 30.9. The zero-order valence-electron chi connectivity index (χ0n) is 27.1. The Hall–Kier alpha value is -3.25. The molecule has 2 amide bonds. The molecule has 4 aromatic carbocycles. The second kappa shape index (κ2) is 14.8. The number of hydrogen-bond donors (Lipinski definition) is 2. The Kier molecular flexibility index (Phi) is 10.4. The summed E-state index contributed by atoms with van der Waals surface area (Å²) in [4.78, 5) is 24.4. The molecule has 2 aliphatic heterocycles. The Balaban J connectivity index is 0.000000157. The van der Waals surface area contributed by atoms with E-state index in [9.17, 15) is 9.59 Å². The second-order valence-corrected chi connectivity index (χ2v) is 15.7. The van der Waals surface area contributed by atoms with Crippen molar-refractivity contribution in [3.05, 3.63) is 162 Å². The minimum Gasteiger partial charge on any atom is -0.355 e. The van der Waals surface area contributed by atoms with Crippen molar-refractivity contribution in [3.8, 4) is 0 Å². The standard InChI is InChI=1S/C21H19Cl2NO.C20H16Cl3NO/c1-12-2-7-15(19(23)10-12)16-8-9-17-18(11-24-21(17)25)20(16)13-3-5-14(22)6-4-13;21-12-3-1-11(2-4-12)19-15(14-6-5-13(22)9-18(14)23)7-8-16-17(19)10-24-20(16)25/h2-10,16-18,20H,11H2,1H3,(H,24,25);1-9,15-17,19H,10H2,(H,24,25)/t16-,17+,18+,20-;15-,16+,17+,19-/m10/s1. The third-order valence-corrected chi connectivity index (χ3v) is 12.0. The third-order valence-electron chi connectivity index (χ3n) is 10.6. The molecule has 2 heterocycles. The van der Waals surface area contributed by atoms with Crippen LogP contribution in [0.15, 0.2) is 109 Å². The molecule has 256 valence electrons. The summed E-state index contributed by atoms with van der Waals surface area (Å²) in [5.41, 5.74) is 5.65. The van der Waals surface area contributed by atoms with Gasteiger partial charge in [0.05, 0.1) is 11.8 Å². The lowest BCUT2D eigenvalue weighted by atomic mass is 9.67. The minimum absolute atomic E-state index is 0.0684. The van der Waals surface area contributed by atoms with Crippen molar-refractivity contribution >= 4 is 69.8 Å². The summed E-state index contributed by atoms with van der Waals surface area (Å²) < 4.78 is 0. The smallest absolute Gasteiger partial charge is 0.227 e. The number of carbonyl (C=O) groups excluding carboxylic acids is 2. The predicted molar refractivity (Wildman–Crippen MR) is 205 cm³/mol. The minimum atomic E-state index is -0.0944. The van der Waals surface area contributed by atoms with Crippen LogP contribution in [-0.4, -0.2) is 24.9 Å². The molecule has 0 bridgehead atoms. The van der Waals surface area contributed by atoms with E-state index in [0.29, 0.717) is 28.2 Å². The summed E-state index contributed by atoms with van der Waals surface area (Å²) in [5.74, 6) is 1.02. The van der Waals surface area contributed by atoms with Crippen LogP contribution >= 0.6 is 58.0 Å². The number of benzene rings is 4. The van der Waals surface area contributed by atoms with Crippen LogP contribution in [0.25, 0.3) is 0 Å². The third kappa shape index (κ3) is 6.98. The maximum atomic E-state index is 12.2. The number of carbonyl (C=O) groups is 2. The molecule has 2 N–H and O–H groups in total. The fraction of sp³-hybridized carbons (Fsp3) is 0.268. The Morgan fingerprint density at radius 2 is 0.900 bits per heavy atom. The summed E-state index contributed by atoms with van der Waals surface area (Å²) in [6.45, 7) is 3.41. The quantitative estimate of drug-likeness (QED) is 0.203. The van der Waals surface area contributed by atoms with Crippen LogP contribution in [0.5, 0.6) is 0 Å². The monoisotopic (exact) mass is 762 g/mol. The fourth-order valence-electron chi connectivity index (χ4n) is 8.27. The lowest BCUT2D eigenvalue weighted by Crippen LogP contribution is -2.29. The lowest BCUT2D eigenvalue weighted by Gasteiger charge is -2.36. The van der Waals surface area contributed by atoms with E-state index in [1.807, 2.05) is 67.6 Å². The van der Waals surface area contributed by atoms with E-state index in [0.717, 1.165) is 32.3 Å². The van der Waals surface area contributed by atoms with E-state index in [1.54, 1.807) is 6.07 Å². The molecule has 2 fully saturated rings. The molecular formula is C41H35Cl5N2O2. The topological polar surface area (TPSA) is 58.2 Å². The molecule has 4 nitrogen and oxygen atoms in total. The molecule has 0 spiro atoms. The van der Waals surface area contributed by atoms with E-state index in [1.165, 1.54) is 5.56 Å². The van der Waals surface area contributed by atoms with Crippen LogP contribution in [-0.2, 0) is 9.59 Å². The number of halogens is 5. The van der Waals surface area contributed by atoms with Crippen molar-refractivity contribution in [1.82, 2.24) is 10.6 Å². The first-order chi connectivity index (χ1) is 24.1. The average Bonchev–Trinajstić information content (AvgIpc) is 3.67. The van der Waals surface area contributed by atoms with Gasteiger partial charge in [-0.15, -0.1) is 0 Å². The van der Waals surface area contributed by atoms with Gasteiger partial charge in [0.1, 0.15) is 0 Å². The molecule has 50 heavy (non-hydrogen) atoms. The van der Waals surface area contributed by atoms with E-state index in [4.69, 9.17) is 58.0 Å². The van der Waals surface area contributed by atoms with Gasteiger partial charge in [0.25, 0.3) is 0 Å². The number of aryl methyl sites for hydroxylation is 1. The van der Waals surface area contributed by atoms with Gasteiger partial charge in [-0.25, -0.2) is 0 Å². The van der Waals surface area contributed by atoms with Crippen LogP contribution in [0.1, 0.15) is 51.5 Å². The molecule has 4 aliphatic rings. The Bertz CT molecular complexity index is 1830. The molecule has 0 saturated carbocycles. The fourth-order valence-corrected chi connectivity index (χ4v) is 9.42. The van der Waals surface area contributed by atoms with Gasteiger partial charge in [-0.05, 0) is 101 Å². The van der Waals surface area contributed by atoms with Gasteiger partial charge in [-0.1, -0.05) is 125 Å². The van der Waals surface area contributed by atoms with E-state index in [-0.39, 0.29) is 59.2 Å². The van der Waals surface area contributed by atoms with Crippen molar-refractivity contribution in [1.29, 1.82) is 0 Å². The van der Waals surface area contributed by atoms with Gasteiger partial charge in [0.15, 0.2) is 0 Å². The molecule has 2 saturated heterocycles. The van der Waals surface area contributed by atoms with Crippen molar-refractivity contribution in [2.24, 2.45) is 23.7 Å². The molecule has 8 atom stereocenters. The average molecular weight is 765 g/mol. The summed E-state index contributed by atoms with van der Waals surface area (Å²) in [7, 11) is 0. The maximum absolute atomic E-state index is 12.2. The number of rotatable bonds is 4. The van der Waals surface area contributed by atoms with Crippen molar-refractivity contribution in [3.63, 3.8) is 0 Å². The highest BCUT2D eigenvalue weighted by molar-refractivity contribution is 6.35. The molecule has 8 rings (SSSR count). The zero-order chi connectivity index (χ0) is 35.1. The number of hydrogen-bond acceptors (Lipinski definition) is 2. The first-order valence-electron chi connectivity index (χ1n) is 16.7. The van der Waals surface area contributed by atoms with Gasteiger partial charge in [0, 0.05) is 50.0 Å². The lowest BCUT2D eigenvalue weighted by molar-refractivity contribution is -0.122. The van der Waals surface area contributed by atoms with Crippen LogP contribution in [0.2, 0.25) is 25.1 Å². The van der Waals surface area contributed by atoms with Crippen LogP contribution in [0, 0.1) is 30.6 Å². The molecule has 0 unspecified atom stereocenters. The normalized spacial score (nSPS) is 27.9. The Labute approximate surface area is 317 Å². The largest absolute Gasteiger partial charge is 0.355 e. The van der Waals surface area contributed by atoms with Crippen molar-refractivity contribution in [2.75, 3.05) is 13.1 Å². The first kappa shape index (κ1) is 35.2. The SMILES string of the molecule is Cc1ccc([C@H]2C=C[C@@H]3C(=O)NC[C@@H]3[C@@H]2c2ccc(Cl)cc2)c(Cl)c1.O=C1NC[C@H]2[C@@H](c3ccc(Cl)cc3)[C@H](c3ccc(Cl)cc3Cl)C=C[C@@H]12. The summed E-state index contributed by atoms with van der Waals surface area (Å²) in [6.07, 6.45) is 8.34. The number of nitrogens with one attached hydrogen (secondary N) is 2. The molecule has 0 aromatic heterocycles. The number of fused-ring (bicyclic) bond motifs is 2. The molecule has 4 aromatic rings. The van der Waals surface area contributed by atoms with Gasteiger partial charge in [-0.2, -0.15) is 0 Å². The Morgan fingerprint density at radius 3 is 1.34 bits per heavy atom. The molecule has 2 aliphatic carbocycles. The van der Waals surface area contributed by atoms with Crippen molar-refractivity contribution in [2.45, 2.75) is 30.6 Å². The molecule has 0 radical (unpaired) electrons. The number of allylic oxidation sites excluding steroid dienone is 2. The van der Waals surface area contributed by atoms with E-state index >= 15 is 0 Å². The number of amides is 2. The van der Waals surface area contributed by atoms with Gasteiger partial charge in [-0.3, -0.25) is 9.59 Å². The summed E-state index contributed by atoms with van der Waals surface area (Å²) in [6, 6.07) is 27.7. The summed E-state index contributed by atoms with van der Waals surface area (Å²) >= 11 is 31.3. The van der Waals surface area contributed by atoms with Crippen LogP contribution in [0.4, 0.5) is 0 Å². The highest BCUT2D eigenvalue weighted by Gasteiger charge is 2.46. The van der Waals surface area contributed by atoms with Crippen LogP contribution in [0.3, 0.4) is 0 Å². The van der Waals surface area contributed by atoms with E-state index < -0.39 is 0 Å². The van der Waals surface area contributed by atoms with Crippen molar-refractivity contribution < 1.29 is 9.59 Å². The van der Waals surface area contributed by atoms with Gasteiger partial charge in [0.2, 0.25) is 11.8 Å². The predicted octanol–water partition coefficient (Wildman–Crippen LogP) is 10.5. The van der Waals surface area contributed by atoms with Gasteiger partial charge >= 0.3 is 0 Å². The molecule has 9 heteroatoms. The maximum Gasteiger partial charge on any atom is 0.227 e. The highest BCUT2D eigenvalue weighted by atomic mass is 35.5. The summed E-state index contributed by atoms with van der Waals surface area (Å²) in [5, 5.41) is 9.49. The first-order valence-corrected chi connectivity index (χ1v) is 18.6. The van der Waals surface area contributed by atoms with E-state index in [2.05, 4.69) is 53.1 Å². The molecular weight excluding hydrogens is 730 g/mol. The highest BCUT2D eigenvalue weighted by Crippen LogP contribution is 2.51. The van der Waals surface area contributed by atoms with Gasteiger partial charge < -0.3 is 10.6 Å². The Morgan fingerprint density at radius 1 is 0.500 bits per heavy atom. The second-order valence-electron chi connectivity index (χ2n) is 13.5.